The molecule has 88 valence electrons. The van der Waals surface area contributed by atoms with Crippen LogP contribution in [0.3, 0.4) is 0 Å². The molecule has 0 fully saturated rings. The molecule has 2 N–H and O–H groups in total. The number of benzene rings is 1. The second-order valence-corrected chi connectivity index (χ2v) is 4.55. The largest absolute Gasteiger partial charge is 0.497 e. The molecule has 1 heterocycles. The van der Waals surface area contributed by atoms with E-state index in [-0.39, 0.29) is 0 Å². The van der Waals surface area contributed by atoms with E-state index in [4.69, 9.17) is 10.5 Å². The number of ether oxygens (including phenoxy) is 1. The van der Waals surface area contributed by atoms with Crippen LogP contribution in [0.15, 0.2) is 52.4 Å². The van der Waals surface area contributed by atoms with Crippen LogP contribution in [0.5, 0.6) is 5.75 Å². The maximum atomic E-state index is 5.65. The highest BCUT2D eigenvalue weighted by atomic mass is 32.2. The predicted octanol–water partition coefficient (Wildman–Crippen LogP) is 2.70. The smallest absolute Gasteiger partial charge is 0.118 e. The first-order chi connectivity index (χ1) is 8.33. The zero-order valence-electron chi connectivity index (χ0n) is 9.59. The lowest BCUT2D eigenvalue weighted by molar-refractivity contribution is 0.414. The molecule has 0 amide bonds. The first kappa shape index (κ1) is 12.0. The first-order valence-electron chi connectivity index (χ1n) is 5.29. The van der Waals surface area contributed by atoms with Crippen molar-refractivity contribution in [2.75, 3.05) is 7.11 Å². The molecule has 0 unspecified atom stereocenters. The molecule has 1 aromatic carbocycles. The van der Waals surface area contributed by atoms with Crippen LogP contribution in [0.25, 0.3) is 0 Å². The van der Waals surface area contributed by atoms with Crippen molar-refractivity contribution < 1.29 is 4.74 Å². The third kappa shape index (κ3) is 2.99. The Morgan fingerprint density at radius 2 is 2.00 bits per heavy atom. The van der Waals surface area contributed by atoms with E-state index in [9.17, 15) is 0 Å². The van der Waals surface area contributed by atoms with Gasteiger partial charge in [-0.1, -0.05) is 11.8 Å². The Balaban J connectivity index is 2.19. The zero-order chi connectivity index (χ0) is 12.1. The van der Waals surface area contributed by atoms with Gasteiger partial charge in [0.2, 0.25) is 0 Å². The first-order valence-corrected chi connectivity index (χ1v) is 6.11. The fourth-order valence-corrected chi connectivity index (χ4v) is 2.37. The summed E-state index contributed by atoms with van der Waals surface area (Å²) in [6, 6.07) is 11.9. The minimum Gasteiger partial charge on any atom is -0.497 e. The Morgan fingerprint density at radius 3 is 2.65 bits per heavy atom. The maximum Gasteiger partial charge on any atom is 0.118 e. The number of rotatable bonds is 4. The molecule has 1 aromatic heterocycles. The Morgan fingerprint density at radius 1 is 1.24 bits per heavy atom. The quantitative estimate of drug-likeness (QED) is 0.901. The molecule has 0 bridgehead atoms. The number of aromatic nitrogens is 1. The van der Waals surface area contributed by atoms with Crippen molar-refractivity contribution >= 4 is 11.8 Å². The number of nitrogens with two attached hydrogens (primary N) is 1. The molecule has 0 atom stereocenters. The normalized spacial score (nSPS) is 10.2. The summed E-state index contributed by atoms with van der Waals surface area (Å²) in [5.41, 5.74) is 6.58. The number of pyridine rings is 1. The van der Waals surface area contributed by atoms with Crippen LogP contribution in [0.2, 0.25) is 0 Å². The SMILES string of the molecule is COc1ccc(Sc2cccnc2CN)cc1. The third-order valence-electron chi connectivity index (χ3n) is 2.33. The Hall–Kier alpha value is -1.52. The third-order valence-corrected chi connectivity index (χ3v) is 3.43. The molecule has 0 spiro atoms. The Labute approximate surface area is 105 Å². The number of hydrogen-bond acceptors (Lipinski definition) is 4. The topological polar surface area (TPSA) is 48.1 Å². The lowest BCUT2D eigenvalue weighted by Gasteiger charge is -2.06. The summed E-state index contributed by atoms with van der Waals surface area (Å²) in [6.07, 6.45) is 1.76. The summed E-state index contributed by atoms with van der Waals surface area (Å²) >= 11 is 1.66. The van der Waals surface area contributed by atoms with Crippen LogP contribution < -0.4 is 10.5 Å². The van der Waals surface area contributed by atoms with Gasteiger partial charge < -0.3 is 10.5 Å². The van der Waals surface area contributed by atoms with Crippen LogP contribution in [-0.4, -0.2) is 12.1 Å². The van der Waals surface area contributed by atoms with Crippen LogP contribution in [0, 0.1) is 0 Å². The number of nitrogens with zero attached hydrogens (tertiary/aromatic N) is 1. The summed E-state index contributed by atoms with van der Waals surface area (Å²) < 4.78 is 5.12. The number of hydrogen-bond donors (Lipinski definition) is 1. The second kappa shape index (κ2) is 5.70. The van der Waals surface area contributed by atoms with Crippen LogP contribution in [-0.2, 0) is 6.54 Å². The molecule has 0 aliphatic heterocycles. The van der Waals surface area contributed by atoms with Gasteiger partial charge in [0.1, 0.15) is 5.75 Å². The van der Waals surface area contributed by atoms with E-state index in [1.807, 2.05) is 36.4 Å². The monoisotopic (exact) mass is 246 g/mol. The van der Waals surface area contributed by atoms with Gasteiger partial charge in [0.05, 0.1) is 12.8 Å². The fraction of sp³-hybridized carbons (Fsp3) is 0.154. The molecule has 4 heteroatoms. The highest BCUT2D eigenvalue weighted by Crippen LogP contribution is 2.30. The second-order valence-electron chi connectivity index (χ2n) is 3.43. The summed E-state index contributed by atoms with van der Waals surface area (Å²) in [4.78, 5) is 6.50. The molecule has 17 heavy (non-hydrogen) atoms. The van der Waals surface area contributed by atoms with Gasteiger partial charge in [-0.15, -0.1) is 0 Å². The van der Waals surface area contributed by atoms with Crippen LogP contribution in [0.4, 0.5) is 0 Å². The van der Waals surface area contributed by atoms with Gasteiger partial charge in [0.15, 0.2) is 0 Å². The van der Waals surface area contributed by atoms with E-state index >= 15 is 0 Å². The van der Waals surface area contributed by atoms with E-state index < -0.39 is 0 Å². The predicted molar refractivity (Wildman–Crippen MR) is 69.2 cm³/mol. The van der Waals surface area contributed by atoms with Crippen molar-refractivity contribution in [3.63, 3.8) is 0 Å². The molecule has 3 nitrogen and oxygen atoms in total. The molecule has 2 rings (SSSR count). The van der Waals surface area contributed by atoms with Gasteiger partial charge >= 0.3 is 0 Å². The van der Waals surface area contributed by atoms with Gasteiger partial charge in [-0.25, -0.2) is 0 Å². The Bertz CT molecular complexity index is 485. The lowest BCUT2D eigenvalue weighted by atomic mass is 10.3. The summed E-state index contributed by atoms with van der Waals surface area (Å²) in [5, 5.41) is 0. The highest BCUT2D eigenvalue weighted by Gasteiger charge is 2.03. The van der Waals surface area contributed by atoms with E-state index in [1.54, 1.807) is 25.1 Å². The number of methoxy groups -OCH3 is 1. The minimum atomic E-state index is 0.458. The minimum absolute atomic E-state index is 0.458. The van der Waals surface area contributed by atoms with Crippen molar-refractivity contribution in [1.82, 2.24) is 4.98 Å². The highest BCUT2D eigenvalue weighted by molar-refractivity contribution is 7.99. The fourth-order valence-electron chi connectivity index (χ4n) is 1.44. The van der Waals surface area contributed by atoms with Crippen molar-refractivity contribution in [3.8, 4) is 5.75 Å². The molecule has 0 radical (unpaired) electrons. The van der Waals surface area contributed by atoms with Gasteiger partial charge in [0.25, 0.3) is 0 Å². The summed E-state index contributed by atoms with van der Waals surface area (Å²) in [6.45, 7) is 0.458. The van der Waals surface area contributed by atoms with Gasteiger partial charge in [0, 0.05) is 22.5 Å². The van der Waals surface area contributed by atoms with E-state index in [2.05, 4.69) is 4.98 Å². The zero-order valence-corrected chi connectivity index (χ0v) is 10.4. The molecule has 0 saturated carbocycles. The van der Waals surface area contributed by atoms with E-state index in [0.717, 1.165) is 21.2 Å². The molecular weight excluding hydrogens is 232 g/mol. The Kier molecular flexibility index (Phi) is 4.01. The summed E-state index contributed by atoms with van der Waals surface area (Å²) in [5.74, 6) is 0.861. The van der Waals surface area contributed by atoms with Gasteiger partial charge in [-0.05, 0) is 36.4 Å². The summed E-state index contributed by atoms with van der Waals surface area (Å²) in [7, 11) is 1.66. The van der Waals surface area contributed by atoms with Crippen LogP contribution in [0.1, 0.15) is 5.69 Å². The molecule has 0 saturated heterocycles. The molecular formula is C13H14N2OS. The van der Waals surface area contributed by atoms with Crippen LogP contribution >= 0.6 is 11.8 Å². The van der Waals surface area contributed by atoms with Crippen molar-refractivity contribution in [3.05, 3.63) is 48.3 Å². The van der Waals surface area contributed by atoms with Gasteiger partial charge in [-0.3, -0.25) is 4.98 Å². The molecule has 2 aromatic rings. The van der Waals surface area contributed by atoms with Gasteiger partial charge in [-0.2, -0.15) is 0 Å². The average molecular weight is 246 g/mol. The van der Waals surface area contributed by atoms with Crippen molar-refractivity contribution in [2.45, 2.75) is 16.3 Å². The van der Waals surface area contributed by atoms with Crippen molar-refractivity contribution in [1.29, 1.82) is 0 Å². The van der Waals surface area contributed by atoms with Crippen molar-refractivity contribution in [2.24, 2.45) is 5.73 Å². The molecule has 0 aliphatic carbocycles. The van der Waals surface area contributed by atoms with E-state index in [1.165, 1.54) is 0 Å². The standard InChI is InChI=1S/C13H14N2OS/c1-16-10-4-6-11(7-5-10)17-13-3-2-8-15-12(13)9-14/h2-8H,9,14H2,1H3. The maximum absolute atomic E-state index is 5.65. The lowest BCUT2D eigenvalue weighted by Crippen LogP contribution is -2.00. The molecule has 0 aliphatic rings. The average Bonchev–Trinajstić information content (AvgIpc) is 2.40. The van der Waals surface area contributed by atoms with E-state index in [0.29, 0.717) is 6.54 Å².